The van der Waals surface area contributed by atoms with Gasteiger partial charge in [-0.2, -0.15) is 0 Å². The number of pyridine rings is 1. The van der Waals surface area contributed by atoms with Crippen LogP contribution in [0.4, 0.5) is 0 Å². The zero-order valence-corrected chi connectivity index (χ0v) is 10.1. The van der Waals surface area contributed by atoms with Gasteiger partial charge in [-0.05, 0) is 6.42 Å². The molecule has 0 saturated heterocycles. The maximum atomic E-state index is 11.6. The molecule has 1 aromatic heterocycles. The summed E-state index contributed by atoms with van der Waals surface area (Å²) in [6.07, 6.45) is 3.56. The van der Waals surface area contributed by atoms with E-state index in [1.54, 1.807) is 0 Å². The first-order chi connectivity index (χ1) is 8.25. The summed E-state index contributed by atoms with van der Waals surface area (Å²) < 4.78 is 5.14. The maximum Gasteiger partial charge on any atom is 0.256 e. The highest BCUT2D eigenvalue weighted by Crippen LogP contribution is 1.89. The number of halogens is 1. The lowest BCUT2D eigenvalue weighted by Crippen LogP contribution is -2.29. The summed E-state index contributed by atoms with van der Waals surface area (Å²) in [6.45, 7) is 1.52. The Bertz CT molecular complexity index is 406. The lowest BCUT2D eigenvalue weighted by atomic mass is 10.2. The van der Waals surface area contributed by atoms with Gasteiger partial charge in [0.25, 0.3) is 5.91 Å². The van der Waals surface area contributed by atoms with Crippen molar-refractivity contribution in [3.8, 4) is 0 Å². The molecular weight excluding hydrogens is 244 g/mol. The predicted octanol–water partition coefficient (Wildman–Crippen LogP) is 0.750. The van der Waals surface area contributed by atoms with Gasteiger partial charge in [-0.15, -0.1) is 11.6 Å². The number of aromatic amines is 1. The molecule has 0 fully saturated rings. The smallest absolute Gasteiger partial charge is 0.256 e. The zero-order valence-electron chi connectivity index (χ0n) is 9.37. The minimum absolute atomic E-state index is 0.120. The fourth-order valence-electron chi connectivity index (χ4n) is 1.22. The van der Waals surface area contributed by atoms with Crippen LogP contribution in [-0.4, -0.2) is 36.5 Å². The molecule has 1 amide bonds. The van der Waals surface area contributed by atoms with E-state index in [4.69, 9.17) is 16.3 Å². The third-order valence-corrected chi connectivity index (χ3v) is 2.20. The molecule has 0 saturated carbocycles. The molecule has 0 aliphatic heterocycles. The Labute approximate surface area is 104 Å². The van der Waals surface area contributed by atoms with Gasteiger partial charge in [0.2, 0.25) is 0 Å². The summed E-state index contributed by atoms with van der Waals surface area (Å²) in [6, 6.07) is 1.32. The molecule has 0 aliphatic carbocycles. The Hall–Kier alpha value is -1.33. The monoisotopic (exact) mass is 258 g/mol. The Balaban J connectivity index is 2.26. The number of aromatic nitrogens is 1. The van der Waals surface area contributed by atoms with E-state index in [-0.39, 0.29) is 16.9 Å². The van der Waals surface area contributed by atoms with Crippen LogP contribution in [0.3, 0.4) is 0 Å². The molecule has 0 radical (unpaired) electrons. The summed E-state index contributed by atoms with van der Waals surface area (Å²) in [5.41, 5.74) is -0.172. The maximum absolute atomic E-state index is 11.6. The fraction of sp³-hybridized carbons (Fsp3) is 0.455. The van der Waals surface area contributed by atoms with Crippen LogP contribution in [0.5, 0.6) is 0 Å². The molecule has 2 N–H and O–H groups in total. The van der Waals surface area contributed by atoms with Crippen LogP contribution in [-0.2, 0) is 4.74 Å². The van der Waals surface area contributed by atoms with Crippen LogP contribution in [0, 0.1) is 0 Å². The lowest BCUT2D eigenvalue weighted by Gasteiger charge is -2.04. The van der Waals surface area contributed by atoms with Gasteiger partial charge in [-0.3, -0.25) is 9.59 Å². The molecule has 94 valence electrons. The van der Waals surface area contributed by atoms with E-state index >= 15 is 0 Å². The number of carbonyl (C=O) groups is 1. The number of hydrogen-bond donors (Lipinski definition) is 2. The summed E-state index contributed by atoms with van der Waals surface area (Å²) in [7, 11) is 0. The third kappa shape index (κ3) is 5.01. The molecule has 0 unspecified atom stereocenters. The SMILES string of the molecule is O=C(NCCCOCCCl)c1c[nH]ccc1=O. The first-order valence-corrected chi connectivity index (χ1v) is 5.88. The first kappa shape index (κ1) is 13.7. The molecule has 0 spiro atoms. The number of nitrogens with one attached hydrogen (secondary N) is 2. The van der Waals surface area contributed by atoms with Gasteiger partial charge in [-0.25, -0.2) is 0 Å². The summed E-state index contributed by atoms with van der Waals surface area (Å²) in [5.74, 6) is 0.0929. The van der Waals surface area contributed by atoms with Gasteiger partial charge in [-0.1, -0.05) is 0 Å². The normalized spacial score (nSPS) is 10.2. The quantitative estimate of drug-likeness (QED) is 0.560. The van der Waals surface area contributed by atoms with Crippen LogP contribution >= 0.6 is 11.6 Å². The van der Waals surface area contributed by atoms with E-state index < -0.39 is 0 Å². The van der Waals surface area contributed by atoms with Gasteiger partial charge in [0.05, 0.1) is 6.61 Å². The molecule has 0 aromatic carbocycles. The van der Waals surface area contributed by atoms with Crippen molar-refractivity contribution < 1.29 is 9.53 Å². The van der Waals surface area contributed by atoms with E-state index in [1.807, 2.05) is 0 Å². The standard InChI is InChI=1S/C11H15ClN2O3/c12-3-7-17-6-1-4-14-11(16)9-8-13-5-2-10(9)15/h2,5,8H,1,3-4,6-7H2,(H,13,15)(H,14,16). The predicted molar refractivity (Wildman–Crippen MR) is 65.6 cm³/mol. The highest BCUT2D eigenvalue weighted by Gasteiger charge is 2.07. The lowest BCUT2D eigenvalue weighted by molar-refractivity contribution is 0.0943. The molecular formula is C11H15ClN2O3. The van der Waals surface area contributed by atoms with Crippen LogP contribution in [0.1, 0.15) is 16.8 Å². The Morgan fingerprint density at radius 3 is 3.00 bits per heavy atom. The van der Waals surface area contributed by atoms with Crippen LogP contribution in [0.25, 0.3) is 0 Å². The highest BCUT2D eigenvalue weighted by atomic mass is 35.5. The van der Waals surface area contributed by atoms with Crippen molar-refractivity contribution in [1.29, 1.82) is 0 Å². The molecule has 0 aliphatic rings. The van der Waals surface area contributed by atoms with E-state index in [2.05, 4.69) is 10.3 Å². The average Bonchev–Trinajstić information content (AvgIpc) is 2.34. The van der Waals surface area contributed by atoms with Gasteiger partial charge in [0.1, 0.15) is 5.56 Å². The Kier molecular flexibility index (Phi) is 6.35. The molecule has 5 nitrogen and oxygen atoms in total. The van der Waals surface area contributed by atoms with Crippen molar-refractivity contribution in [2.24, 2.45) is 0 Å². The number of hydrogen-bond acceptors (Lipinski definition) is 3. The van der Waals surface area contributed by atoms with Gasteiger partial charge in [0, 0.05) is 37.5 Å². The second kappa shape index (κ2) is 7.86. The number of rotatable bonds is 7. The number of alkyl halides is 1. The molecule has 0 bridgehead atoms. The number of H-pyrrole nitrogens is 1. The van der Waals surface area contributed by atoms with Crippen molar-refractivity contribution in [2.75, 3.05) is 25.6 Å². The van der Waals surface area contributed by atoms with E-state index in [9.17, 15) is 9.59 Å². The summed E-state index contributed by atoms with van der Waals surface area (Å²) >= 11 is 5.43. The van der Waals surface area contributed by atoms with Crippen molar-refractivity contribution in [3.63, 3.8) is 0 Å². The zero-order chi connectivity index (χ0) is 12.5. The highest BCUT2D eigenvalue weighted by molar-refractivity contribution is 6.17. The van der Waals surface area contributed by atoms with Crippen molar-refractivity contribution in [3.05, 3.63) is 34.2 Å². The number of amides is 1. The molecule has 0 atom stereocenters. The molecule has 1 rings (SSSR count). The van der Waals surface area contributed by atoms with E-state index in [0.29, 0.717) is 32.1 Å². The summed E-state index contributed by atoms with van der Waals surface area (Å²) in [4.78, 5) is 25.6. The molecule has 17 heavy (non-hydrogen) atoms. The minimum atomic E-state index is -0.371. The van der Waals surface area contributed by atoms with Crippen LogP contribution in [0.2, 0.25) is 0 Å². The van der Waals surface area contributed by atoms with Crippen molar-refractivity contribution in [2.45, 2.75) is 6.42 Å². The van der Waals surface area contributed by atoms with E-state index in [1.165, 1.54) is 18.5 Å². The van der Waals surface area contributed by atoms with E-state index in [0.717, 1.165) is 0 Å². The molecule has 6 heteroatoms. The molecule has 1 aromatic rings. The average molecular weight is 259 g/mol. The number of ether oxygens (including phenoxy) is 1. The first-order valence-electron chi connectivity index (χ1n) is 5.34. The Morgan fingerprint density at radius 2 is 2.29 bits per heavy atom. The minimum Gasteiger partial charge on any atom is -0.380 e. The Morgan fingerprint density at radius 1 is 1.47 bits per heavy atom. The number of carbonyl (C=O) groups excluding carboxylic acids is 1. The van der Waals surface area contributed by atoms with Gasteiger partial charge in [0.15, 0.2) is 5.43 Å². The largest absolute Gasteiger partial charge is 0.380 e. The third-order valence-electron chi connectivity index (χ3n) is 2.04. The van der Waals surface area contributed by atoms with Crippen LogP contribution < -0.4 is 10.7 Å². The van der Waals surface area contributed by atoms with Gasteiger partial charge >= 0.3 is 0 Å². The molecule has 1 heterocycles. The van der Waals surface area contributed by atoms with Gasteiger partial charge < -0.3 is 15.0 Å². The second-order valence-electron chi connectivity index (χ2n) is 3.33. The second-order valence-corrected chi connectivity index (χ2v) is 3.71. The topological polar surface area (TPSA) is 71.2 Å². The van der Waals surface area contributed by atoms with Crippen molar-refractivity contribution in [1.82, 2.24) is 10.3 Å². The fourth-order valence-corrected chi connectivity index (χ4v) is 1.33. The van der Waals surface area contributed by atoms with Crippen molar-refractivity contribution >= 4 is 17.5 Å². The summed E-state index contributed by atoms with van der Waals surface area (Å²) in [5, 5.41) is 2.64. The van der Waals surface area contributed by atoms with Crippen LogP contribution in [0.15, 0.2) is 23.3 Å².